The van der Waals surface area contributed by atoms with E-state index in [0.29, 0.717) is 11.6 Å². The summed E-state index contributed by atoms with van der Waals surface area (Å²) in [6, 6.07) is 7.36. The van der Waals surface area contributed by atoms with Gasteiger partial charge in [0, 0.05) is 31.9 Å². The first kappa shape index (κ1) is 18.1. The van der Waals surface area contributed by atoms with Crippen LogP contribution in [0.1, 0.15) is 5.56 Å². The predicted molar refractivity (Wildman–Crippen MR) is 97.9 cm³/mol. The average molecular weight is 350 g/mol. The first-order valence-corrected chi connectivity index (χ1v) is 8.25. The zero-order valence-electron chi connectivity index (χ0n) is 14.4. The Morgan fingerprint density at radius 1 is 1.38 bits per heavy atom. The third-order valence-electron chi connectivity index (χ3n) is 3.47. The molecule has 0 atom stereocenters. The Hall–Kier alpha value is -2.21. The van der Waals surface area contributed by atoms with Crippen molar-refractivity contribution < 1.29 is 4.74 Å². The molecular weight excluding hydrogens is 326 g/mol. The molecule has 1 N–H and O–H groups in total. The number of benzene rings is 1. The molecule has 0 fully saturated rings. The molecule has 0 aliphatic heterocycles. The molecule has 0 saturated heterocycles. The normalized spacial score (nSPS) is 11.4. The molecule has 0 unspecified atom stereocenters. The van der Waals surface area contributed by atoms with Gasteiger partial charge in [0.25, 0.3) is 0 Å². The smallest absolute Gasteiger partial charge is 0.193 e. The van der Waals surface area contributed by atoms with Gasteiger partial charge in [0.1, 0.15) is 12.4 Å². The van der Waals surface area contributed by atoms with Gasteiger partial charge in [-0.15, -0.1) is 0 Å². The summed E-state index contributed by atoms with van der Waals surface area (Å²) in [5.74, 6) is 1.64. The molecule has 1 aromatic carbocycles. The predicted octanol–water partition coefficient (Wildman–Crippen LogP) is 2.43. The average Bonchev–Trinajstić information content (AvgIpc) is 2.98. The number of halogens is 1. The van der Waals surface area contributed by atoms with Gasteiger partial charge in [0.2, 0.25) is 0 Å². The van der Waals surface area contributed by atoms with Gasteiger partial charge in [-0.25, -0.2) is 0 Å². The summed E-state index contributed by atoms with van der Waals surface area (Å²) in [5.41, 5.74) is 1.16. The summed E-state index contributed by atoms with van der Waals surface area (Å²) in [5, 5.41) is 8.30. The van der Waals surface area contributed by atoms with Crippen LogP contribution in [0.15, 0.2) is 41.7 Å². The van der Waals surface area contributed by atoms with Crippen molar-refractivity contribution in [1.29, 1.82) is 0 Å². The Morgan fingerprint density at radius 3 is 2.75 bits per heavy atom. The van der Waals surface area contributed by atoms with Crippen molar-refractivity contribution in [3.8, 4) is 5.75 Å². The van der Waals surface area contributed by atoms with Gasteiger partial charge in [-0.1, -0.05) is 11.6 Å². The lowest BCUT2D eigenvalue weighted by Crippen LogP contribution is -2.42. The Kier molecular flexibility index (Phi) is 6.93. The molecule has 2 aromatic rings. The summed E-state index contributed by atoms with van der Waals surface area (Å²) < 4.78 is 7.62. The van der Waals surface area contributed by atoms with Crippen LogP contribution in [-0.4, -0.2) is 54.4 Å². The van der Waals surface area contributed by atoms with Crippen molar-refractivity contribution in [2.24, 2.45) is 4.99 Å². The first-order valence-electron chi connectivity index (χ1n) is 7.87. The Morgan fingerprint density at radius 2 is 2.12 bits per heavy atom. The molecule has 0 aliphatic carbocycles. The number of nitrogens with one attached hydrogen (secondary N) is 1. The fraction of sp³-hybridized carbons (Fsp3) is 0.412. The van der Waals surface area contributed by atoms with Crippen LogP contribution in [-0.2, 0) is 6.54 Å². The van der Waals surface area contributed by atoms with Gasteiger partial charge in [-0.3, -0.25) is 9.67 Å². The molecule has 0 amide bonds. The van der Waals surface area contributed by atoms with Gasteiger partial charge in [-0.2, -0.15) is 5.10 Å². The van der Waals surface area contributed by atoms with Crippen LogP contribution in [0.25, 0.3) is 0 Å². The van der Waals surface area contributed by atoms with E-state index in [1.54, 1.807) is 7.05 Å². The number of aryl methyl sites for hydroxylation is 1. The maximum absolute atomic E-state index is 5.86. The van der Waals surface area contributed by atoms with E-state index < -0.39 is 0 Å². The van der Waals surface area contributed by atoms with Crippen molar-refractivity contribution in [3.63, 3.8) is 0 Å². The zero-order valence-corrected chi connectivity index (χ0v) is 15.1. The highest BCUT2D eigenvalue weighted by Crippen LogP contribution is 2.15. The highest BCUT2D eigenvalue weighted by molar-refractivity contribution is 6.30. The lowest BCUT2D eigenvalue weighted by Gasteiger charge is -2.22. The topological polar surface area (TPSA) is 54.7 Å². The lowest BCUT2D eigenvalue weighted by atomic mass is 10.3. The zero-order chi connectivity index (χ0) is 17.4. The van der Waals surface area contributed by atoms with E-state index in [2.05, 4.69) is 15.4 Å². The quantitative estimate of drug-likeness (QED) is 0.616. The molecule has 7 heteroatoms. The molecule has 1 heterocycles. The minimum absolute atomic E-state index is 0.567. The van der Waals surface area contributed by atoms with E-state index in [0.717, 1.165) is 36.9 Å². The Labute approximate surface area is 148 Å². The molecule has 130 valence electrons. The molecular formula is C17H24ClN5O. The summed E-state index contributed by atoms with van der Waals surface area (Å²) in [7, 11) is 3.76. The van der Waals surface area contributed by atoms with Crippen LogP contribution in [0.4, 0.5) is 0 Å². The number of guanidine groups is 1. The fourth-order valence-corrected chi connectivity index (χ4v) is 2.32. The van der Waals surface area contributed by atoms with E-state index in [9.17, 15) is 0 Å². The van der Waals surface area contributed by atoms with E-state index in [1.165, 1.54) is 0 Å². The van der Waals surface area contributed by atoms with Crippen LogP contribution in [0.3, 0.4) is 0 Å². The van der Waals surface area contributed by atoms with Gasteiger partial charge < -0.3 is 15.0 Å². The van der Waals surface area contributed by atoms with Crippen molar-refractivity contribution in [2.75, 3.05) is 33.8 Å². The summed E-state index contributed by atoms with van der Waals surface area (Å²) in [6.45, 7) is 4.88. The second-order valence-electron chi connectivity index (χ2n) is 5.48. The number of hydrogen-bond donors (Lipinski definition) is 1. The second kappa shape index (κ2) is 9.17. The molecule has 2 rings (SSSR count). The van der Waals surface area contributed by atoms with Crippen molar-refractivity contribution in [2.45, 2.75) is 13.5 Å². The fourth-order valence-electron chi connectivity index (χ4n) is 2.19. The van der Waals surface area contributed by atoms with Crippen LogP contribution < -0.4 is 10.1 Å². The third-order valence-corrected chi connectivity index (χ3v) is 3.72. The van der Waals surface area contributed by atoms with Gasteiger partial charge >= 0.3 is 0 Å². The molecule has 6 nitrogen and oxygen atoms in total. The number of likely N-dealkylation sites (N-methyl/N-ethyl adjacent to an activating group) is 1. The van der Waals surface area contributed by atoms with E-state index >= 15 is 0 Å². The second-order valence-corrected chi connectivity index (χ2v) is 5.92. The minimum atomic E-state index is 0.567. The van der Waals surface area contributed by atoms with Crippen LogP contribution in [0.2, 0.25) is 5.02 Å². The number of hydrogen-bond acceptors (Lipinski definition) is 3. The number of rotatable bonds is 7. The van der Waals surface area contributed by atoms with E-state index in [4.69, 9.17) is 16.3 Å². The van der Waals surface area contributed by atoms with Crippen molar-refractivity contribution in [3.05, 3.63) is 47.2 Å². The maximum atomic E-state index is 5.86. The maximum Gasteiger partial charge on any atom is 0.193 e. The summed E-state index contributed by atoms with van der Waals surface area (Å²) in [6.07, 6.45) is 3.88. The highest BCUT2D eigenvalue weighted by Gasteiger charge is 2.06. The minimum Gasteiger partial charge on any atom is -0.492 e. The molecule has 24 heavy (non-hydrogen) atoms. The molecule has 0 saturated carbocycles. The monoisotopic (exact) mass is 349 g/mol. The number of ether oxygens (including phenoxy) is 1. The molecule has 0 radical (unpaired) electrons. The van der Waals surface area contributed by atoms with Crippen molar-refractivity contribution in [1.82, 2.24) is 20.0 Å². The summed E-state index contributed by atoms with van der Waals surface area (Å²) >= 11 is 5.86. The van der Waals surface area contributed by atoms with Gasteiger partial charge in [0.15, 0.2) is 5.96 Å². The third kappa shape index (κ3) is 5.77. The highest BCUT2D eigenvalue weighted by atomic mass is 35.5. The molecule has 1 aromatic heterocycles. The SMILES string of the molecule is CN=C(NCCn1cc(C)cn1)N(C)CCOc1ccc(Cl)cc1. The lowest BCUT2D eigenvalue weighted by molar-refractivity contribution is 0.281. The largest absolute Gasteiger partial charge is 0.492 e. The molecule has 0 aliphatic rings. The van der Waals surface area contributed by atoms with Crippen molar-refractivity contribution >= 4 is 17.6 Å². The van der Waals surface area contributed by atoms with E-state index in [-0.39, 0.29) is 0 Å². The molecule has 0 bridgehead atoms. The summed E-state index contributed by atoms with van der Waals surface area (Å²) in [4.78, 5) is 6.32. The van der Waals surface area contributed by atoms with Gasteiger partial charge in [-0.05, 0) is 36.8 Å². The van der Waals surface area contributed by atoms with Crippen LogP contribution in [0, 0.1) is 6.92 Å². The van der Waals surface area contributed by atoms with Gasteiger partial charge in [0.05, 0.1) is 19.3 Å². The number of aliphatic imine (C=N–C) groups is 1. The van der Waals surface area contributed by atoms with E-state index in [1.807, 2.05) is 60.2 Å². The standard InChI is InChI=1S/C17H24ClN5O/c1-14-12-21-23(13-14)9-8-20-17(19-2)22(3)10-11-24-16-6-4-15(18)5-7-16/h4-7,12-13H,8-11H2,1-3H3,(H,19,20). The Balaban J connectivity index is 1.70. The Bertz CT molecular complexity index is 653. The first-order chi connectivity index (χ1) is 11.6. The number of nitrogens with zero attached hydrogens (tertiary/aromatic N) is 4. The van der Waals surface area contributed by atoms with Crippen LogP contribution in [0.5, 0.6) is 5.75 Å². The molecule has 0 spiro atoms. The number of aromatic nitrogens is 2. The van der Waals surface area contributed by atoms with Crippen LogP contribution >= 0.6 is 11.6 Å².